The molecule has 1 N–H and O–H groups in total. The zero-order valence-corrected chi connectivity index (χ0v) is 10.8. The number of furan rings is 1. The van der Waals surface area contributed by atoms with E-state index in [0.29, 0.717) is 0 Å². The largest absolute Gasteiger partial charge is 0.461 e. The van der Waals surface area contributed by atoms with Gasteiger partial charge < -0.3 is 9.52 Å². The second-order valence-electron chi connectivity index (χ2n) is 5.11. The van der Waals surface area contributed by atoms with Crippen molar-refractivity contribution in [1.82, 2.24) is 0 Å². The van der Waals surface area contributed by atoms with Crippen LogP contribution in [0.5, 0.6) is 0 Å². The number of aliphatic hydroxyl groups is 1. The molecule has 2 heteroatoms. The van der Waals surface area contributed by atoms with Crippen molar-refractivity contribution in [3.8, 4) is 0 Å². The lowest BCUT2D eigenvalue weighted by Crippen LogP contribution is -2.20. The standard InChI is InChI=1S/C15H20O2/c1-4-12-14(15(2,3)9-10-16)11-7-5-6-8-13(11)17-12/h5-8,16H,4,9-10H2,1-3H3. The van der Waals surface area contributed by atoms with Crippen LogP contribution in [0.3, 0.4) is 0 Å². The van der Waals surface area contributed by atoms with E-state index < -0.39 is 0 Å². The van der Waals surface area contributed by atoms with E-state index in [2.05, 4.69) is 26.8 Å². The molecule has 0 radical (unpaired) electrons. The van der Waals surface area contributed by atoms with Crippen molar-refractivity contribution < 1.29 is 9.52 Å². The second-order valence-corrected chi connectivity index (χ2v) is 5.11. The van der Waals surface area contributed by atoms with Crippen LogP contribution in [0.15, 0.2) is 28.7 Å². The molecule has 1 aromatic carbocycles. The first-order chi connectivity index (χ1) is 8.10. The fraction of sp³-hybridized carbons (Fsp3) is 0.467. The van der Waals surface area contributed by atoms with Crippen molar-refractivity contribution in [3.63, 3.8) is 0 Å². The summed E-state index contributed by atoms with van der Waals surface area (Å²) in [6.45, 7) is 6.64. The molecule has 1 aromatic heterocycles. The maximum Gasteiger partial charge on any atom is 0.134 e. The number of rotatable bonds is 4. The maximum absolute atomic E-state index is 9.21. The Morgan fingerprint density at radius 3 is 2.59 bits per heavy atom. The maximum atomic E-state index is 9.21. The highest BCUT2D eigenvalue weighted by Crippen LogP contribution is 2.37. The first-order valence-corrected chi connectivity index (χ1v) is 6.22. The fourth-order valence-corrected chi connectivity index (χ4v) is 2.49. The van der Waals surface area contributed by atoms with Gasteiger partial charge in [-0.15, -0.1) is 0 Å². The van der Waals surface area contributed by atoms with Gasteiger partial charge in [-0.1, -0.05) is 39.0 Å². The monoisotopic (exact) mass is 232 g/mol. The minimum Gasteiger partial charge on any atom is -0.461 e. The molecule has 0 unspecified atom stereocenters. The summed E-state index contributed by atoms with van der Waals surface area (Å²) < 4.78 is 5.90. The zero-order valence-electron chi connectivity index (χ0n) is 10.8. The molecular weight excluding hydrogens is 212 g/mol. The highest BCUT2D eigenvalue weighted by Gasteiger charge is 2.27. The Labute approximate surface area is 102 Å². The van der Waals surface area contributed by atoms with E-state index in [1.165, 1.54) is 10.9 Å². The van der Waals surface area contributed by atoms with Crippen LogP contribution in [0.25, 0.3) is 11.0 Å². The van der Waals surface area contributed by atoms with Crippen LogP contribution in [-0.4, -0.2) is 11.7 Å². The highest BCUT2D eigenvalue weighted by atomic mass is 16.3. The molecule has 0 aliphatic carbocycles. The van der Waals surface area contributed by atoms with E-state index in [1.54, 1.807) is 0 Å². The summed E-state index contributed by atoms with van der Waals surface area (Å²) in [5.41, 5.74) is 2.15. The lowest BCUT2D eigenvalue weighted by Gasteiger charge is -2.24. The number of fused-ring (bicyclic) bond motifs is 1. The lowest BCUT2D eigenvalue weighted by atomic mass is 9.80. The molecule has 0 saturated carbocycles. The average molecular weight is 232 g/mol. The lowest BCUT2D eigenvalue weighted by molar-refractivity contribution is 0.251. The number of aryl methyl sites for hydroxylation is 1. The van der Waals surface area contributed by atoms with Crippen molar-refractivity contribution in [2.24, 2.45) is 0 Å². The fourth-order valence-electron chi connectivity index (χ4n) is 2.49. The van der Waals surface area contributed by atoms with Gasteiger partial charge in [-0.2, -0.15) is 0 Å². The van der Waals surface area contributed by atoms with Crippen LogP contribution in [0.2, 0.25) is 0 Å². The van der Waals surface area contributed by atoms with Gasteiger partial charge in [0.05, 0.1) is 0 Å². The Hall–Kier alpha value is -1.28. The van der Waals surface area contributed by atoms with Crippen molar-refractivity contribution in [1.29, 1.82) is 0 Å². The van der Waals surface area contributed by atoms with Gasteiger partial charge in [-0.3, -0.25) is 0 Å². The van der Waals surface area contributed by atoms with E-state index in [0.717, 1.165) is 24.2 Å². The molecule has 2 rings (SSSR count). The van der Waals surface area contributed by atoms with E-state index in [1.807, 2.05) is 18.2 Å². The predicted octanol–water partition coefficient (Wildman–Crippen LogP) is 3.66. The van der Waals surface area contributed by atoms with Gasteiger partial charge >= 0.3 is 0 Å². The Morgan fingerprint density at radius 1 is 1.24 bits per heavy atom. The Kier molecular flexibility index (Phi) is 3.25. The number of hydrogen-bond donors (Lipinski definition) is 1. The molecule has 0 bridgehead atoms. The first kappa shape index (κ1) is 12.2. The smallest absolute Gasteiger partial charge is 0.134 e. The topological polar surface area (TPSA) is 33.4 Å². The number of benzene rings is 1. The summed E-state index contributed by atoms with van der Waals surface area (Å²) in [5, 5.41) is 10.4. The van der Waals surface area contributed by atoms with Crippen LogP contribution in [-0.2, 0) is 11.8 Å². The van der Waals surface area contributed by atoms with Gasteiger partial charge in [0.1, 0.15) is 11.3 Å². The van der Waals surface area contributed by atoms with Crippen LogP contribution in [0.1, 0.15) is 38.5 Å². The predicted molar refractivity (Wildman–Crippen MR) is 70.3 cm³/mol. The van der Waals surface area contributed by atoms with Gasteiger partial charge in [-0.25, -0.2) is 0 Å². The number of para-hydroxylation sites is 1. The van der Waals surface area contributed by atoms with E-state index >= 15 is 0 Å². The summed E-state index contributed by atoms with van der Waals surface area (Å²) in [6.07, 6.45) is 1.64. The Bertz CT molecular complexity index is 509. The molecule has 0 saturated heterocycles. The second kappa shape index (κ2) is 4.53. The minimum absolute atomic E-state index is 0.0489. The third kappa shape index (κ3) is 2.09. The molecule has 17 heavy (non-hydrogen) atoms. The van der Waals surface area contributed by atoms with Crippen molar-refractivity contribution in [3.05, 3.63) is 35.6 Å². The number of hydrogen-bond acceptors (Lipinski definition) is 2. The van der Waals surface area contributed by atoms with E-state index in [4.69, 9.17) is 4.42 Å². The van der Waals surface area contributed by atoms with Gasteiger partial charge in [0.15, 0.2) is 0 Å². The normalized spacial score (nSPS) is 12.2. The van der Waals surface area contributed by atoms with Crippen LogP contribution < -0.4 is 0 Å². The van der Waals surface area contributed by atoms with Crippen LogP contribution in [0.4, 0.5) is 0 Å². The van der Waals surface area contributed by atoms with Crippen LogP contribution >= 0.6 is 0 Å². The summed E-state index contributed by atoms with van der Waals surface area (Å²) in [7, 11) is 0. The number of aliphatic hydroxyl groups excluding tert-OH is 1. The minimum atomic E-state index is -0.0489. The third-order valence-electron chi connectivity index (χ3n) is 3.40. The Morgan fingerprint density at radius 2 is 1.94 bits per heavy atom. The summed E-state index contributed by atoms with van der Waals surface area (Å²) in [4.78, 5) is 0. The highest BCUT2D eigenvalue weighted by molar-refractivity contribution is 5.83. The van der Waals surface area contributed by atoms with Crippen molar-refractivity contribution in [2.75, 3.05) is 6.61 Å². The molecule has 1 heterocycles. The molecule has 92 valence electrons. The van der Waals surface area contributed by atoms with Crippen molar-refractivity contribution in [2.45, 2.75) is 39.0 Å². The molecule has 2 aromatic rings. The third-order valence-corrected chi connectivity index (χ3v) is 3.40. The SMILES string of the molecule is CCc1oc2ccccc2c1C(C)(C)CCO. The summed E-state index contributed by atoms with van der Waals surface area (Å²) in [5.74, 6) is 1.05. The quantitative estimate of drug-likeness (QED) is 0.872. The average Bonchev–Trinajstić information content (AvgIpc) is 2.67. The van der Waals surface area contributed by atoms with Gasteiger partial charge in [0.2, 0.25) is 0 Å². The molecule has 2 nitrogen and oxygen atoms in total. The molecular formula is C15H20O2. The first-order valence-electron chi connectivity index (χ1n) is 6.22. The Balaban J connectivity index is 2.65. The van der Waals surface area contributed by atoms with Gasteiger partial charge in [-0.05, 0) is 17.9 Å². The molecule has 0 amide bonds. The molecule has 0 aliphatic heterocycles. The molecule has 0 aliphatic rings. The van der Waals surface area contributed by atoms with Gasteiger partial charge in [0, 0.05) is 24.0 Å². The van der Waals surface area contributed by atoms with E-state index in [-0.39, 0.29) is 12.0 Å². The molecule has 0 atom stereocenters. The molecule has 0 spiro atoms. The van der Waals surface area contributed by atoms with Crippen LogP contribution in [0, 0.1) is 0 Å². The zero-order chi connectivity index (χ0) is 12.5. The summed E-state index contributed by atoms with van der Waals surface area (Å²) in [6, 6.07) is 8.14. The molecule has 0 fully saturated rings. The van der Waals surface area contributed by atoms with Crippen molar-refractivity contribution >= 4 is 11.0 Å². The van der Waals surface area contributed by atoms with Gasteiger partial charge in [0.25, 0.3) is 0 Å². The summed E-state index contributed by atoms with van der Waals surface area (Å²) >= 11 is 0. The van der Waals surface area contributed by atoms with E-state index in [9.17, 15) is 5.11 Å².